The quantitative estimate of drug-likeness (QED) is 0.415. The van der Waals surface area contributed by atoms with E-state index in [4.69, 9.17) is 4.74 Å². The van der Waals surface area contributed by atoms with Crippen LogP contribution in [0.1, 0.15) is 6.92 Å². The predicted molar refractivity (Wildman–Crippen MR) is 54.5 cm³/mol. The van der Waals surface area contributed by atoms with E-state index in [9.17, 15) is 4.79 Å². The number of nitrogens with zero attached hydrogens (tertiary/aromatic N) is 1. The van der Waals surface area contributed by atoms with Gasteiger partial charge in [0.05, 0.1) is 5.69 Å². The van der Waals surface area contributed by atoms with E-state index in [0.717, 1.165) is 5.75 Å². The van der Waals surface area contributed by atoms with E-state index in [2.05, 4.69) is 4.99 Å². The Balaban J connectivity index is 2.59. The predicted octanol–water partition coefficient (Wildman–Crippen LogP) is 2.61. The van der Waals surface area contributed by atoms with Crippen LogP contribution in [0.3, 0.4) is 0 Å². The van der Waals surface area contributed by atoms with Crippen molar-refractivity contribution in [3.63, 3.8) is 0 Å². The Labute approximate surface area is 82.7 Å². The van der Waals surface area contributed by atoms with Gasteiger partial charge in [0.15, 0.2) is 0 Å². The zero-order valence-electron chi connectivity index (χ0n) is 7.93. The number of aliphatic imine (C=N–C) groups is 1. The van der Waals surface area contributed by atoms with Gasteiger partial charge < -0.3 is 4.74 Å². The molecule has 0 atom stereocenters. The Morgan fingerprint density at radius 1 is 1.43 bits per heavy atom. The number of rotatable bonds is 4. The van der Waals surface area contributed by atoms with E-state index < -0.39 is 0 Å². The van der Waals surface area contributed by atoms with Crippen LogP contribution in [-0.4, -0.2) is 12.7 Å². The van der Waals surface area contributed by atoms with Crippen LogP contribution in [0.4, 0.5) is 5.69 Å². The summed E-state index contributed by atoms with van der Waals surface area (Å²) in [5.41, 5.74) is 0.582. The first-order chi connectivity index (χ1) is 6.86. The summed E-state index contributed by atoms with van der Waals surface area (Å²) in [7, 11) is 0. The summed E-state index contributed by atoms with van der Waals surface area (Å²) in [5.74, 6) is 0.757. The molecule has 1 aromatic rings. The molecule has 0 amide bonds. The van der Waals surface area contributed by atoms with Gasteiger partial charge in [-0.25, -0.2) is 4.79 Å². The zero-order chi connectivity index (χ0) is 10.2. The van der Waals surface area contributed by atoms with E-state index in [1.807, 2.05) is 19.1 Å². The molecule has 72 valence electrons. The van der Waals surface area contributed by atoms with E-state index in [1.54, 1.807) is 24.3 Å². The first-order valence-corrected chi connectivity index (χ1v) is 4.28. The highest BCUT2D eigenvalue weighted by molar-refractivity contribution is 5.49. The highest BCUT2D eigenvalue weighted by Crippen LogP contribution is 2.17. The molecular weight excluding hydrogens is 178 g/mol. The molecule has 0 saturated heterocycles. The summed E-state index contributed by atoms with van der Waals surface area (Å²) in [6.45, 7) is 2.48. The molecular formula is C11H11NO2. The summed E-state index contributed by atoms with van der Waals surface area (Å²) >= 11 is 0. The molecule has 0 aliphatic heterocycles. The normalized spacial score (nSPS) is 9.79. The zero-order valence-corrected chi connectivity index (χ0v) is 7.93. The average molecular weight is 189 g/mol. The van der Waals surface area contributed by atoms with Crippen LogP contribution in [0.2, 0.25) is 0 Å². The van der Waals surface area contributed by atoms with Crippen molar-refractivity contribution in [3.8, 4) is 5.75 Å². The van der Waals surface area contributed by atoms with Crippen LogP contribution in [0.15, 0.2) is 41.4 Å². The van der Waals surface area contributed by atoms with Crippen molar-refractivity contribution in [1.82, 2.24) is 0 Å². The fourth-order valence-corrected chi connectivity index (χ4v) is 0.910. The molecule has 0 unspecified atom stereocenters. The first-order valence-electron chi connectivity index (χ1n) is 4.28. The van der Waals surface area contributed by atoms with E-state index >= 15 is 0 Å². The van der Waals surface area contributed by atoms with Crippen LogP contribution >= 0.6 is 0 Å². The van der Waals surface area contributed by atoms with E-state index in [1.165, 1.54) is 6.08 Å². The third-order valence-corrected chi connectivity index (χ3v) is 1.59. The fraction of sp³-hybridized carbons (Fsp3) is 0.182. The van der Waals surface area contributed by atoms with Gasteiger partial charge in [-0.3, -0.25) is 0 Å². The number of benzene rings is 1. The maximum absolute atomic E-state index is 9.94. The maximum Gasteiger partial charge on any atom is 0.240 e. The molecule has 0 heterocycles. The van der Waals surface area contributed by atoms with Crippen molar-refractivity contribution >= 4 is 11.8 Å². The Bertz CT molecular complexity index is 348. The average Bonchev–Trinajstić information content (AvgIpc) is 2.21. The number of hydrogen-bond acceptors (Lipinski definition) is 3. The summed E-state index contributed by atoms with van der Waals surface area (Å²) in [6, 6.07) is 6.94. The highest BCUT2D eigenvalue weighted by Gasteiger charge is 1.92. The van der Waals surface area contributed by atoms with Gasteiger partial charge in [0.1, 0.15) is 12.4 Å². The smallest absolute Gasteiger partial charge is 0.240 e. The Morgan fingerprint density at radius 2 is 2.14 bits per heavy atom. The van der Waals surface area contributed by atoms with Crippen LogP contribution in [0.5, 0.6) is 5.75 Å². The van der Waals surface area contributed by atoms with Crippen LogP contribution in [-0.2, 0) is 4.79 Å². The van der Waals surface area contributed by atoms with E-state index in [-0.39, 0.29) is 0 Å². The van der Waals surface area contributed by atoms with Crippen LogP contribution in [0, 0.1) is 0 Å². The molecule has 0 bridgehead atoms. The second kappa shape index (κ2) is 5.73. The van der Waals surface area contributed by atoms with Gasteiger partial charge in [-0.15, -0.1) is 0 Å². The second-order valence-corrected chi connectivity index (χ2v) is 2.58. The lowest BCUT2D eigenvalue weighted by Crippen LogP contribution is -1.91. The number of isocyanates is 1. The third-order valence-electron chi connectivity index (χ3n) is 1.59. The second-order valence-electron chi connectivity index (χ2n) is 2.58. The largest absolute Gasteiger partial charge is 0.490 e. The molecule has 0 spiro atoms. The minimum Gasteiger partial charge on any atom is -0.490 e. The Morgan fingerprint density at radius 3 is 2.71 bits per heavy atom. The molecule has 1 aromatic carbocycles. The lowest BCUT2D eigenvalue weighted by atomic mass is 10.3. The van der Waals surface area contributed by atoms with Crippen molar-refractivity contribution in [1.29, 1.82) is 0 Å². The van der Waals surface area contributed by atoms with Gasteiger partial charge in [-0.1, -0.05) is 12.2 Å². The molecule has 0 aliphatic carbocycles. The fourth-order valence-electron chi connectivity index (χ4n) is 0.910. The number of ether oxygens (including phenoxy) is 1. The molecule has 0 aromatic heterocycles. The minimum absolute atomic E-state index is 0.548. The van der Waals surface area contributed by atoms with E-state index in [0.29, 0.717) is 12.3 Å². The molecule has 0 aliphatic rings. The number of hydrogen-bond donors (Lipinski definition) is 0. The monoisotopic (exact) mass is 189 g/mol. The molecule has 0 fully saturated rings. The maximum atomic E-state index is 9.94. The number of carbonyl (C=O) groups excluding carboxylic acids is 1. The molecule has 1 rings (SSSR count). The standard InChI is InChI=1S/C11H11NO2/c1-2-3-8-14-11-6-4-10(5-7-11)12-9-13/h2-7H,8H2,1H3/b3-2+. The Hall–Kier alpha value is -1.86. The third kappa shape index (κ3) is 3.25. The van der Waals surface area contributed by atoms with Crippen molar-refractivity contribution in [2.75, 3.05) is 6.61 Å². The van der Waals surface area contributed by atoms with Crippen molar-refractivity contribution < 1.29 is 9.53 Å². The van der Waals surface area contributed by atoms with Gasteiger partial charge in [-0.05, 0) is 31.2 Å². The summed E-state index contributed by atoms with van der Waals surface area (Å²) in [4.78, 5) is 13.4. The summed E-state index contributed by atoms with van der Waals surface area (Å²) in [6.07, 6.45) is 5.31. The van der Waals surface area contributed by atoms with Crippen LogP contribution in [0.25, 0.3) is 0 Å². The molecule has 14 heavy (non-hydrogen) atoms. The van der Waals surface area contributed by atoms with Gasteiger partial charge >= 0.3 is 0 Å². The van der Waals surface area contributed by atoms with Crippen molar-refractivity contribution in [2.45, 2.75) is 6.92 Å². The van der Waals surface area contributed by atoms with Crippen molar-refractivity contribution in [3.05, 3.63) is 36.4 Å². The highest BCUT2D eigenvalue weighted by atomic mass is 16.5. The minimum atomic E-state index is 0.548. The van der Waals surface area contributed by atoms with Crippen molar-refractivity contribution in [2.24, 2.45) is 4.99 Å². The summed E-state index contributed by atoms with van der Waals surface area (Å²) < 4.78 is 5.35. The van der Waals surface area contributed by atoms with Gasteiger partial charge in [0.25, 0.3) is 0 Å². The Kier molecular flexibility index (Phi) is 4.18. The lowest BCUT2D eigenvalue weighted by molar-refractivity contribution is 0.363. The topological polar surface area (TPSA) is 38.7 Å². The molecule has 3 heteroatoms. The van der Waals surface area contributed by atoms with Gasteiger partial charge in [0.2, 0.25) is 6.08 Å². The van der Waals surface area contributed by atoms with Crippen LogP contribution < -0.4 is 4.74 Å². The SMILES string of the molecule is C/C=C/COc1ccc(N=C=O)cc1. The molecule has 0 radical (unpaired) electrons. The molecule has 0 N–H and O–H groups in total. The first kappa shape index (κ1) is 10.2. The van der Waals surface area contributed by atoms with Gasteiger partial charge in [-0.2, -0.15) is 4.99 Å². The molecule has 0 saturated carbocycles. The lowest BCUT2D eigenvalue weighted by Gasteiger charge is -2.01. The van der Waals surface area contributed by atoms with Gasteiger partial charge in [0, 0.05) is 0 Å². The molecule has 3 nitrogen and oxygen atoms in total. The summed E-state index contributed by atoms with van der Waals surface area (Å²) in [5, 5.41) is 0. The number of allylic oxidation sites excluding steroid dienone is 1.